The number of hydrogen-bond donors (Lipinski definition) is 2. The summed E-state index contributed by atoms with van der Waals surface area (Å²) in [4.78, 5) is 10.0. The standard InChI is InChI=1S/CH3NO4S/c3-1-7(5,6)2-4/h1-2,4H. The molecule has 0 rings (SSSR count). The third-order valence-electron chi connectivity index (χ3n) is 0.254. The van der Waals surface area contributed by atoms with Crippen molar-refractivity contribution in [1.29, 1.82) is 0 Å². The van der Waals surface area contributed by atoms with Crippen LogP contribution in [-0.4, -0.2) is 19.2 Å². The molecule has 0 spiro atoms. The van der Waals surface area contributed by atoms with Crippen LogP contribution in [-0.2, 0) is 14.8 Å². The van der Waals surface area contributed by atoms with Crippen molar-refractivity contribution < 1.29 is 18.4 Å². The predicted molar refractivity (Wildman–Crippen MR) is 20.6 cm³/mol. The molecular formula is CH3NO4S. The summed E-state index contributed by atoms with van der Waals surface area (Å²) in [5, 5.41) is 7.52. The molecule has 0 saturated heterocycles. The van der Waals surface area contributed by atoms with E-state index in [1.807, 2.05) is 0 Å². The summed E-state index contributed by atoms with van der Waals surface area (Å²) in [5.74, 6) is 0. The Morgan fingerprint density at radius 1 is 1.57 bits per heavy atom. The Morgan fingerprint density at radius 3 is 2.00 bits per heavy atom. The molecule has 0 unspecified atom stereocenters. The first-order valence-electron chi connectivity index (χ1n) is 1.23. The maximum Gasteiger partial charge on any atom is 0.293 e. The fraction of sp³-hybridized carbons (Fsp3) is 0. The predicted octanol–water partition coefficient (Wildman–Crippen LogP) is -1.51. The van der Waals surface area contributed by atoms with Gasteiger partial charge in [-0.1, -0.05) is 4.89 Å². The van der Waals surface area contributed by atoms with Crippen LogP contribution < -0.4 is 4.89 Å². The van der Waals surface area contributed by atoms with Crippen LogP contribution in [0.5, 0.6) is 0 Å². The first kappa shape index (κ1) is 6.54. The topological polar surface area (TPSA) is 83.5 Å². The van der Waals surface area contributed by atoms with Gasteiger partial charge in [0, 0.05) is 0 Å². The van der Waals surface area contributed by atoms with Gasteiger partial charge in [0.05, 0.1) is 0 Å². The van der Waals surface area contributed by atoms with E-state index in [1.165, 1.54) is 0 Å². The van der Waals surface area contributed by atoms with Crippen molar-refractivity contribution in [3.05, 3.63) is 0 Å². The van der Waals surface area contributed by atoms with Gasteiger partial charge in [0.1, 0.15) is 0 Å². The maximum absolute atomic E-state index is 9.64. The Morgan fingerprint density at radius 2 is 2.00 bits per heavy atom. The molecule has 6 heteroatoms. The smallest absolute Gasteiger partial charge is 0.293 e. The van der Waals surface area contributed by atoms with Crippen LogP contribution in [0.25, 0.3) is 0 Å². The van der Waals surface area contributed by atoms with Gasteiger partial charge in [-0.15, -0.1) is 0 Å². The zero-order valence-electron chi connectivity index (χ0n) is 3.16. The average molecular weight is 125 g/mol. The minimum atomic E-state index is -4.03. The number of carbonyl (C=O) groups is 1. The van der Waals surface area contributed by atoms with Crippen LogP contribution in [0.2, 0.25) is 0 Å². The highest BCUT2D eigenvalue weighted by Crippen LogP contribution is 1.65. The second kappa shape index (κ2) is 2.01. The van der Waals surface area contributed by atoms with Crippen molar-refractivity contribution in [3.63, 3.8) is 0 Å². The second-order valence-corrected chi connectivity index (χ2v) is 2.20. The SMILES string of the molecule is O=CS(=O)(=O)NO. The largest absolute Gasteiger partial charge is 0.302 e. The molecule has 5 nitrogen and oxygen atoms in total. The van der Waals surface area contributed by atoms with Crippen LogP contribution in [0.1, 0.15) is 0 Å². The quantitative estimate of drug-likeness (QED) is 0.347. The van der Waals surface area contributed by atoms with Crippen molar-refractivity contribution in [2.45, 2.75) is 0 Å². The van der Waals surface area contributed by atoms with Crippen molar-refractivity contribution in [1.82, 2.24) is 4.89 Å². The summed E-state index contributed by atoms with van der Waals surface area (Å²) in [6.45, 7) is 0. The lowest BCUT2D eigenvalue weighted by Gasteiger charge is -1.82. The highest BCUT2D eigenvalue weighted by molar-refractivity contribution is 8.02. The van der Waals surface area contributed by atoms with E-state index in [0.29, 0.717) is 0 Å². The van der Waals surface area contributed by atoms with Gasteiger partial charge in [-0.05, 0) is 0 Å². The first-order valence-corrected chi connectivity index (χ1v) is 2.78. The lowest BCUT2D eigenvalue weighted by atomic mass is 11.8. The van der Waals surface area contributed by atoms with Gasteiger partial charge in [0.15, 0.2) is 0 Å². The third kappa shape index (κ3) is 2.26. The molecule has 2 N–H and O–H groups in total. The van der Waals surface area contributed by atoms with Crippen molar-refractivity contribution in [3.8, 4) is 0 Å². The molecule has 0 atom stereocenters. The molecule has 0 aromatic rings. The van der Waals surface area contributed by atoms with E-state index in [9.17, 15) is 13.2 Å². The lowest BCUT2D eigenvalue weighted by molar-refractivity contribution is 0.245. The lowest BCUT2D eigenvalue weighted by Crippen LogP contribution is -2.19. The van der Waals surface area contributed by atoms with Crippen molar-refractivity contribution in [2.75, 3.05) is 0 Å². The van der Waals surface area contributed by atoms with E-state index < -0.39 is 15.6 Å². The molecule has 0 bridgehead atoms. The van der Waals surface area contributed by atoms with E-state index in [0.717, 1.165) is 4.89 Å². The molecule has 0 saturated carbocycles. The van der Waals surface area contributed by atoms with Gasteiger partial charge in [-0.2, -0.15) is 0 Å². The summed E-state index contributed by atoms with van der Waals surface area (Å²) in [7, 11) is -4.03. The molecule has 0 heterocycles. The van der Waals surface area contributed by atoms with Gasteiger partial charge in [-0.3, -0.25) is 4.79 Å². The van der Waals surface area contributed by atoms with E-state index in [-0.39, 0.29) is 0 Å². The Balaban J connectivity index is 4.17. The number of rotatable bonds is 2. The summed E-state index contributed by atoms with van der Waals surface area (Å²) < 4.78 is 19.3. The van der Waals surface area contributed by atoms with E-state index in [2.05, 4.69) is 0 Å². The first-order chi connectivity index (χ1) is 3.12. The Labute approximate surface area is 40.0 Å². The van der Waals surface area contributed by atoms with Gasteiger partial charge in [-0.25, -0.2) is 8.42 Å². The molecule has 0 aromatic carbocycles. The molecule has 0 aliphatic carbocycles. The van der Waals surface area contributed by atoms with Gasteiger partial charge in [0.2, 0.25) is 0 Å². The number of carbonyl (C=O) groups excluding carboxylic acids is 1. The Bertz CT molecular complexity index is 145. The maximum atomic E-state index is 9.64. The minimum Gasteiger partial charge on any atom is -0.302 e. The van der Waals surface area contributed by atoms with E-state index >= 15 is 0 Å². The number of nitrogens with one attached hydrogen (secondary N) is 1. The molecule has 0 aromatic heterocycles. The van der Waals surface area contributed by atoms with Gasteiger partial charge in [0.25, 0.3) is 15.6 Å². The fourth-order valence-electron chi connectivity index (χ4n) is 0.0215. The van der Waals surface area contributed by atoms with Gasteiger partial charge >= 0.3 is 0 Å². The fourth-order valence-corrected chi connectivity index (χ4v) is 0.0645. The number of sulfonamides is 1. The third-order valence-corrected chi connectivity index (χ3v) is 0.762. The molecular weight excluding hydrogens is 122 g/mol. The van der Waals surface area contributed by atoms with Crippen LogP contribution in [0.4, 0.5) is 0 Å². The molecule has 0 aliphatic heterocycles. The average Bonchev–Trinajstić information content (AvgIpc) is 1.68. The molecule has 0 fully saturated rings. The monoisotopic (exact) mass is 125 g/mol. The molecule has 7 heavy (non-hydrogen) atoms. The molecule has 42 valence electrons. The van der Waals surface area contributed by atoms with Crippen molar-refractivity contribution in [2.24, 2.45) is 0 Å². The summed E-state index contributed by atoms with van der Waals surface area (Å²) in [6.07, 6.45) is 0. The zero-order chi connectivity index (χ0) is 5.91. The van der Waals surface area contributed by atoms with Crippen LogP contribution in [0.15, 0.2) is 0 Å². The highest BCUT2D eigenvalue weighted by Gasteiger charge is 2.00. The molecule has 0 amide bonds. The normalized spacial score (nSPS) is 11.0. The van der Waals surface area contributed by atoms with Crippen molar-refractivity contribution >= 4 is 15.6 Å². The number of hydrogen-bond acceptors (Lipinski definition) is 4. The van der Waals surface area contributed by atoms with Crippen LogP contribution in [0.3, 0.4) is 0 Å². The summed E-state index contributed by atoms with van der Waals surface area (Å²) in [5.41, 5.74) is -0.396. The summed E-state index contributed by atoms with van der Waals surface area (Å²) >= 11 is 0. The van der Waals surface area contributed by atoms with E-state index in [1.54, 1.807) is 0 Å². The Kier molecular flexibility index (Phi) is 1.88. The minimum absolute atomic E-state index is 0.396. The van der Waals surface area contributed by atoms with Crippen LogP contribution >= 0.6 is 0 Å². The van der Waals surface area contributed by atoms with E-state index in [4.69, 9.17) is 5.21 Å². The molecule has 0 aliphatic rings. The highest BCUT2D eigenvalue weighted by atomic mass is 32.2. The second-order valence-electron chi connectivity index (χ2n) is 0.733. The zero-order valence-corrected chi connectivity index (χ0v) is 3.97. The molecule has 0 radical (unpaired) electrons. The Hall–Kier alpha value is -0.460. The summed E-state index contributed by atoms with van der Waals surface area (Å²) in [6, 6.07) is 0. The van der Waals surface area contributed by atoms with Gasteiger partial charge < -0.3 is 5.21 Å². The van der Waals surface area contributed by atoms with Crippen LogP contribution in [0, 0.1) is 0 Å².